The van der Waals surface area contributed by atoms with Gasteiger partial charge in [0.1, 0.15) is 0 Å². The number of benzene rings is 2. The maximum atomic E-state index is 12.8. The summed E-state index contributed by atoms with van der Waals surface area (Å²) < 4.78 is 0. The zero-order valence-electron chi connectivity index (χ0n) is 17.8. The monoisotopic (exact) mass is 407 g/mol. The number of piperidine rings is 1. The van der Waals surface area contributed by atoms with Crippen LogP contribution in [-0.4, -0.2) is 41.8 Å². The van der Waals surface area contributed by atoms with E-state index in [0.29, 0.717) is 48.7 Å². The predicted molar refractivity (Wildman–Crippen MR) is 118 cm³/mol. The smallest absolute Gasteiger partial charge is 0.253 e. The summed E-state index contributed by atoms with van der Waals surface area (Å²) >= 11 is 0. The number of amides is 3. The SMILES string of the molecule is CC(=O)Nc1cccc(C(=O)N2CCC(NC(=O)c3ccc(C(C)C)cc3)CC2)c1. The predicted octanol–water partition coefficient (Wildman–Crippen LogP) is 3.80. The molecule has 1 saturated heterocycles. The largest absolute Gasteiger partial charge is 0.349 e. The minimum absolute atomic E-state index is 0.0528. The third kappa shape index (κ3) is 5.47. The highest BCUT2D eigenvalue weighted by Crippen LogP contribution is 2.18. The van der Waals surface area contributed by atoms with E-state index in [9.17, 15) is 14.4 Å². The van der Waals surface area contributed by atoms with Gasteiger partial charge in [-0.05, 0) is 54.7 Å². The fourth-order valence-corrected chi connectivity index (χ4v) is 3.63. The van der Waals surface area contributed by atoms with E-state index in [1.165, 1.54) is 12.5 Å². The zero-order valence-corrected chi connectivity index (χ0v) is 17.8. The second-order valence-corrected chi connectivity index (χ2v) is 8.08. The molecular formula is C24H29N3O3. The molecule has 2 N–H and O–H groups in total. The van der Waals surface area contributed by atoms with Crippen molar-refractivity contribution in [1.29, 1.82) is 0 Å². The molecule has 158 valence electrons. The van der Waals surface area contributed by atoms with Crippen molar-refractivity contribution in [3.8, 4) is 0 Å². The van der Waals surface area contributed by atoms with Crippen LogP contribution < -0.4 is 10.6 Å². The van der Waals surface area contributed by atoms with Crippen LogP contribution in [0.1, 0.15) is 65.8 Å². The Labute approximate surface area is 177 Å². The molecular weight excluding hydrogens is 378 g/mol. The normalized spacial score (nSPS) is 14.5. The Hall–Kier alpha value is -3.15. The number of rotatable bonds is 5. The van der Waals surface area contributed by atoms with Crippen molar-refractivity contribution in [2.24, 2.45) is 0 Å². The van der Waals surface area contributed by atoms with Crippen LogP contribution in [0.3, 0.4) is 0 Å². The highest BCUT2D eigenvalue weighted by Gasteiger charge is 2.25. The minimum atomic E-state index is -0.171. The van der Waals surface area contributed by atoms with Crippen LogP contribution in [0.2, 0.25) is 0 Å². The molecule has 6 heteroatoms. The molecule has 0 atom stereocenters. The van der Waals surface area contributed by atoms with Crippen LogP contribution in [0, 0.1) is 0 Å². The maximum absolute atomic E-state index is 12.8. The van der Waals surface area contributed by atoms with Crippen LogP contribution in [0.15, 0.2) is 48.5 Å². The van der Waals surface area contributed by atoms with Crippen molar-refractivity contribution in [3.05, 3.63) is 65.2 Å². The Morgan fingerprint density at radius 3 is 2.23 bits per heavy atom. The summed E-state index contributed by atoms with van der Waals surface area (Å²) in [7, 11) is 0. The minimum Gasteiger partial charge on any atom is -0.349 e. The molecule has 0 radical (unpaired) electrons. The lowest BCUT2D eigenvalue weighted by Gasteiger charge is -2.32. The van der Waals surface area contributed by atoms with E-state index >= 15 is 0 Å². The van der Waals surface area contributed by atoms with Crippen molar-refractivity contribution in [2.45, 2.75) is 45.6 Å². The number of hydrogen-bond acceptors (Lipinski definition) is 3. The van der Waals surface area contributed by atoms with E-state index in [1.54, 1.807) is 29.2 Å². The maximum Gasteiger partial charge on any atom is 0.253 e. The third-order valence-corrected chi connectivity index (χ3v) is 5.39. The lowest BCUT2D eigenvalue weighted by atomic mass is 10.0. The third-order valence-electron chi connectivity index (χ3n) is 5.39. The van der Waals surface area contributed by atoms with Crippen molar-refractivity contribution < 1.29 is 14.4 Å². The number of carbonyl (C=O) groups excluding carboxylic acids is 3. The summed E-state index contributed by atoms with van der Waals surface area (Å²) in [6, 6.07) is 14.7. The molecule has 1 aliphatic heterocycles. The van der Waals surface area contributed by atoms with E-state index < -0.39 is 0 Å². The molecule has 0 bridgehead atoms. The molecule has 3 rings (SSSR count). The number of nitrogens with zero attached hydrogens (tertiary/aromatic N) is 1. The average molecular weight is 408 g/mol. The number of nitrogens with one attached hydrogen (secondary N) is 2. The fraction of sp³-hybridized carbons (Fsp3) is 0.375. The molecule has 0 aromatic heterocycles. The second kappa shape index (κ2) is 9.57. The standard InChI is InChI=1S/C24H29N3O3/c1-16(2)18-7-9-19(10-8-18)23(29)26-21-11-13-27(14-12-21)24(30)20-5-4-6-22(15-20)25-17(3)28/h4-10,15-16,21H,11-14H2,1-3H3,(H,25,28)(H,26,29). The second-order valence-electron chi connectivity index (χ2n) is 8.08. The van der Waals surface area contributed by atoms with Crippen molar-refractivity contribution in [2.75, 3.05) is 18.4 Å². The van der Waals surface area contributed by atoms with Gasteiger partial charge in [0.2, 0.25) is 5.91 Å². The van der Waals surface area contributed by atoms with Gasteiger partial charge in [0, 0.05) is 42.9 Å². The first-order chi connectivity index (χ1) is 14.3. The summed E-state index contributed by atoms with van der Waals surface area (Å²) in [5.41, 5.74) is 3.03. The molecule has 3 amide bonds. The van der Waals surface area contributed by atoms with Gasteiger partial charge in [-0.2, -0.15) is 0 Å². The number of carbonyl (C=O) groups is 3. The van der Waals surface area contributed by atoms with Crippen LogP contribution in [0.4, 0.5) is 5.69 Å². The lowest BCUT2D eigenvalue weighted by Crippen LogP contribution is -2.46. The molecule has 0 saturated carbocycles. The zero-order chi connectivity index (χ0) is 21.7. The van der Waals surface area contributed by atoms with Crippen molar-refractivity contribution in [1.82, 2.24) is 10.2 Å². The molecule has 2 aromatic rings. The molecule has 0 aliphatic carbocycles. The van der Waals surface area contributed by atoms with Gasteiger partial charge in [0.05, 0.1) is 0 Å². The molecule has 0 unspecified atom stereocenters. The van der Waals surface area contributed by atoms with Gasteiger partial charge in [-0.25, -0.2) is 0 Å². The van der Waals surface area contributed by atoms with Gasteiger partial charge in [0.25, 0.3) is 11.8 Å². The fourth-order valence-electron chi connectivity index (χ4n) is 3.63. The summed E-state index contributed by atoms with van der Waals surface area (Å²) in [5.74, 6) is 0.132. The Bertz CT molecular complexity index is 914. The molecule has 2 aromatic carbocycles. The number of likely N-dealkylation sites (tertiary alicyclic amines) is 1. The number of hydrogen-bond donors (Lipinski definition) is 2. The summed E-state index contributed by atoms with van der Waals surface area (Å²) in [5, 5.41) is 5.79. The first-order valence-electron chi connectivity index (χ1n) is 10.4. The van der Waals surface area contributed by atoms with Gasteiger partial charge in [-0.15, -0.1) is 0 Å². The van der Waals surface area contributed by atoms with Gasteiger partial charge in [0.15, 0.2) is 0 Å². The topological polar surface area (TPSA) is 78.5 Å². The average Bonchev–Trinajstić information content (AvgIpc) is 2.73. The van der Waals surface area contributed by atoms with Gasteiger partial charge < -0.3 is 15.5 Å². The molecule has 1 aliphatic rings. The Balaban J connectivity index is 1.53. The Morgan fingerprint density at radius 2 is 1.63 bits per heavy atom. The Kier molecular flexibility index (Phi) is 6.87. The first-order valence-corrected chi connectivity index (χ1v) is 10.4. The quantitative estimate of drug-likeness (QED) is 0.791. The van der Waals surface area contributed by atoms with Crippen LogP contribution in [0.25, 0.3) is 0 Å². The van der Waals surface area contributed by atoms with Crippen LogP contribution in [-0.2, 0) is 4.79 Å². The number of anilines is 1. The molecule has 1 fully saturated rings. The Morgan fingerprint density at radius 1 is 0.967 bits per heavy atom. The molecule has 0 spiro atoms. The van der Waals surface area contributed by atoms with Crippen molar-refractivity contribution in [3.63, 3.8) is 0 Å². The van der Waals surface area contributed by atoms with Gasteiger partial charge >= 0.3 is 0 Å². The van der Waals surface area contributed by atoms with Gasteiger partial charge in [-0.1, -0.05) is 32.0 Å². The lowest BCUT2D eigenvalue weighted by molar-refractivity contribution is -0.114. The van der Waals surface area contributed by atoms with E-state index in [1.807, 2.05) is 24.3 Å². The summed E-state index contributed by atoms with van der Waals surface area (Å²) in [6.45, 7) is 6.85. The van der Waals surface area contributed by atoms with E-state index in [4.69, 9.17) is 0 Å². The van der Waals surface area contributed by atoms with E-state index in [-0.39, 0.29) is 23.8 Å². The highest BCUT2D eigenvalue weighted by molar-refractivity contribution is 5.97. The summed E-state index contributed by atoms with van der Waals surface area (Å²) in [4.78, 5) is 38.4. The van der Waals surface area contributed by atoms with E-state index in [0.717, 1.165) is 0 Å². The highest BCUT2D eigenvalue weighted by atomic mass is 16.2. The summed E-state index contributed by atoms with van der Waals surface area (Å²) in [6.07, 6.45) is 1.43. The molecule has 30 heavy (non-hydrogen) atoms. The van der Waals surface area contributed by atoms with Gasteiger partial charge in [-0.3, -0.25) is 14.4 Å². The van der Waals surface area contributed by atoms with E-state index in [2.05, 4.69) is 24.5 Å². The van der Waals surface area contributed by atoms with Crippen LogP contribution in [0.5, 0.6) is 0 Å². The molecule has 1 heterocycles. The van der Waals surface area contributed by atoms with Crippen molar-refractivity contribution >= 4 is 23.4 Å². The first kappa shape index (κ1) is 21.6. The van der Waals surface area contributed by atoms with Crippen LogP contribution >= 0.6 is 0 Å². The molecule has 6 nitrogen and oxygen atoms in total.